The molecule has 106 valence electrons. The highest BCUT2D eigenvalue weighted by Gasteiger charge is 2.10. The third-order valence-electron chi connectivity index (χ3n) is 3.00. The number of H-pyrrole nitrogens is 1. The molecule has 0 aliphatic rings. The average Bonchev–Trinajstić information content (AvgIpc) is 2.91. The molecule has 0 saturated carbocycles. The van der Waals surface area contributed by atoms with Crippen LogP contribution in [0.4, 0.5) is 0 Å². The fourth-order valence-electron chi connectivity index (χ4n) is 2.08. The van der Waals surface area contributed by atoms with Crippen molar-refractivity contribution < 1.29 is 4.74 Å². The summed E-state index contributed by atoms with van der Waals surface area (Å²) in [6, 6.07) is 11.6. The van der Waals surface area contributed by atoms with Gasteiger partial charge in [-0.3, -0.25) is 14.6 Å². The summed E-state index contributed by atoms with van der Waals surface area (Å²) in [4.78, 5) is 4.12. The van der Waals surface area contributed by atoms with E-state index in [4.69, 9.17) is 17.0 Å². The fourth-order valence-corrected chi connectivity index (χ4v) is 2.32. The Bertz CT molecular complexity index is 777. The zero-order valence-electron chi connectivity index (χ0n) is 11.5. The molecule has 0 spiro atoms. The molecular weight excluding hydrogens is 284 g/mol. The van der Waals surface area contributed by atoms with E-state index >= 15 is 0 Å². The summed E-state index contributed by atoms with van der Waals surface area (Å²) in [7, 11) is 0. The number of hydrogen-bond donors (Lipinski definition) is 1. The fraction of sp³-hybridized carbons (Fsp3) is 0.133. The Balaban J connectivity index is 2.06. The normalized spacial score (nSPS) is 10.5. The lowest BCUT2D eigenvalue weighted by Crippen LogP contribution is -1.98. The minimum atomic E-state index is 0.540. The van der Waals surface area contributed by atoms with Crippen LogP contribution in [-0.2, 0) is 0 Å². The van der Waals surface area contributed by atoms with Gasteiger partial charge >= 0.3 is 0 Å². The second-order valence-corrected chi connectivity index (χ2v) is 4.74. The summed E-state index contributed by atoms with van der Waals surface area (Å²) in [5.74, 6) is 1.57. The first-order valence-corrected chi connectivity index (χ1v) is 7.01. The molecule has 21 heavy (non-hydrogen) atoms. The SMILES string of the molecule is CCOc1ccc(-n2c(-c3cccnc3)n[nH]c2=S)cc1. The maximum absolute atomic E-state index is 5.45. The molecule has 0 fully saturated rings. The van der Waals surface area contributed by atoms with Crippen LogP contribution in [0.25, 0.3) is 17.1 Å². The first-order chi connectivity index (χ1) is 10.3. The Morgan fingerprint density at radius 1 is 1.24 bits per heavy atom. The molecule has 3 aromatic rings. The van der Waals surface area contributed by atoms with Gasteiger partial charge < -0.3 is 4.74 Å². The third-order valence-corrected chi connectivity index (χ3v) is 3.27. The number of rotatable bonds is 4. The molecule has 0 saturated heterocycles. The summed E-state index contributed by atoms with van der Waals surface area (Å²) >= 11 is 5.33. The Morgan fingerprint density at radius 2 is 2.05 bits per heavy atom. The molecule has 2 aromatic heterocycles. The van der Waals surface area contributed by atoms with Crippen molar-refractivity contribution in [1.29, 1.82) is 0 Å². The van der Waals surface area contributed by atoms with Crippen molar-refractivity contribution in [3.63, 3.8) is 0 Å². The lowest BCUT2D eigenvalue weighted by molar-refractivity contribution is 0.340. The molecular formula is C15H14N4OS. The maximum Gasteiger partial charge on any atom is 0.200 e. The predicted octanol–water partition coefficient (Wildman–Crippen LogP) is 3.39. The Labute approximate surface area is 127 Å². The first kappa shape index (κ1) is 13.5. The van der Waals surface area contributed by atoms with E-state index in [9.17, 15) is 0 Å². The van der Waals surface area contributed by atoms with E-state index in [0.717, 1.165) is 22.8 Å². The quantitative estimate of drug-likeness (QED) is 0.750. The minimum Gasteiger partial charge on any atom is -0.494 e. The molecule has 0 aliphatic heterocycles. The van der Waals surface area contributed by atoms with Gasteiger partial charge in [0, 0.05) is 18.0 Å². The second-order valence-electron chi connectivity index (χ2n) is 4.36. The molecule has 1 aromatic carbocycles. The van der Waals surface area contributed by atoms with Gasteiger partial charge in [0.1, 0.15) is 5.75 Å². The number of ether oxygens (including phenoxy) is 1. The molecule has 5 nitrogen and oxygen atoms in total. The lowest BCUT2D eigenvalue weighted by Gasteiger charge is -2.08. The van der Waals surface area contributed by atoms with Crippen molar-refractivity contribution in [2.24, 2.45) is 0 Å². The lowest BCUT2D eigenvalue weighted by atomic mass is 10.2. The van der Waals surface area contributed by atoms with Crippen molar-refractivity contribution >= 4 is 12.2 Å². The van der Waals surface area contributed by atoms with Crippen LogP contribution in [-0.4, -0.2) is 26.4 Å². The zero-order chi connectivity index (χ0) is 14.7. The monoisotopic (exact) mass is 298 g/mol. The number of nitrogens with zero attached hydrogens (tertiary/aromatic N) is 3. The molecule has 3 rings (SSSR count). The van der Waals surface area contributed by atoms with E-state index in [0.29, 0.717) is 11.4 Å². The van der Waals surface area contributed by atoms with Gasteiger partial charge in [0.2, 0.25) is 0 Å². The minimum absolute atomic E-state index is 0.540. The van der Waals surface area contributed by atoms with Crippen molar-refractivity contribution in [2.75, 3.05) is 6.61 Å². The predicted molar refractivity (Wildman–Crippen MR) is 83.1 cm³/mol. The Kier molecular flexibility index (Phi) is 3.79. The van der Waals surface area contributed by atoms with Crippen LogP contribution in [0.5, 0.6) is 5.75 Å². The van der Waals surface area contributed by atoms with Crippen LogP contribution in [0.2, 0.25) is 0 Å². The maximum atomic E-state index is 5.45. The number of hydrogen-bond acceptors (Lipinski definition) is 4. The number of nitrogens with one attached hydrogen (secondary N) is 1. The highest BCUT2D eigenvalue weighted by Crippen LogP contribution is 2.22. The van der Waals surface area contributed by atoms with E-state index in [-0.39, 0.29) is 0 Å². The van der Waals surface area contributed by atoms with Gasteiger partial charge in [0.05, 0.1) is 12.3 Å². The number of aromatic nitrogens is 4. The molecule has 0 atom stereocenters. The summed E-state index contributed by atoms with van der Waals surface area (Å²) in [5, 5.41) is 7.13. The molecule has 0 bridgehead atoms. The van der Waals surface area contributed by atoms with Gasteiger partial charge in [-0.15, -0.1) is 0 Å². The molecule has 0 amide bonds. The van der Waals surface area contributed by atoms with Gasteiger partial charge in [-0.05, 0) is 55.5 Å². The Hall–Kier alpha value is -2.47. The smallest absolute Gasteiger partial charge is 0.200 e. The first-order valence-electron chi connectivity index (χ1n) is 6.60. The van der Waals surface area contributed by atoms with Crippen LogP contribution in [0, 0.1) is 4.77 Å². The summed E-state index contributed by atoms with van der Waals surface area (Å²) in [5.41, 5.74) is 1.83. The van der Waals surface area contributed by atoms with Crippen LogP contribution >= 0.6 is 12.2 Å². The summed E-state index contributed by atoms with van der Waals surface area (Å²) < 4.78 is 7.87. The zero-order valence-corrected chi connectivity index (χ0v) is 12.3. The van der Waals surface area contributed by atoms with Crippen LogP contribution < -0.4 is 4.74 Å². The van der Waals surface area contributed by atoms with Crippen LogP contribution in [0.15, 0.2) is 48.8 Å². The molecule has 1 N–H and O–H groups in total. The van der Waals surface area contributed by atoms with Gasteiger partial charge in [-0.2, -0.15) is 5.10 Å². The van der Waals surface area contributed by atoms with Gasteiger partial charge in [-0.25, -0.2) is 0 Å². The largest absolute Gasteiger partial charge is 0.494 e. The molecule has 0 aliphatic carbocycles. The summed E-state index contributed by atoms with van der Waals surface area (Å²) in [6.07, 6.45) is 3.49. The number of benzene rings is 1. The second kappa shape index (κ2) is 5.88. The highest BCUT2D eigenvalue weighted by molar-refractivity contribution is 7.71. The van der Waals surface area contributed by atoms with Crippen molar-refractivity contribution in [3.8, 4) is 22.8 Å². The van der Waals surface area contributed by atoms with Crippen molar-refractivity contribution in [2.45, 2.75) is 6.92 Å². The van der Waals surface area contributed by atoms with E-state index in [1.165, 1.54) is 0 Å². The Morgan fingerprint density at radius 3 is 2.71 bits per heavy atom. The molecule has 2 heterocycles. The standard InChI is InChI=1S/C15H14N4OS/c1-2-20-13-7-5-12(6-8-13)19-14(17-18-15(19)21)11-4-3-9-16-10-11/h3-10H,2H2,1H3,(H,18,21). The van der Waals surface area contributed by atoms with E-state index in [1.807, 2.05) is 47.9 Å². The van der Waals surface area contributed by atoms with Crippen molar-refractivity contribution in [3.05, 3.63) is 53.6 Å². The van der Waals surface area contributed by atoms with Crippen LogP contribution in [0.3, 0.4) is 0 Å². The van der Waals surface area contributed by atoms with Gasteiger partial charge in [0.25, 0.3) is 0 Å². The van der Waals surface area contributed by atoms with E-state index in [2.05, 4.69) is 15.2 Å². The van der Waals surface area contributed by atoms with Crippen LogP contribution in [0.1, 0.15) is 6.92 Å². The van der Waals surface area contributed by atoms with Crippen molar-refractivity contribution in [1.82, 2.24) is 19.7 Å². The van der Waals surface area contributed by atoms with E-state index < -0.39 is 0 Å². The van der Waals surface area contributed by atoms with Gasteiger partial charge in [0.15, 0.2) is 10.6 Å². The number of aromatic amines is 1. The highest BCUT2D eigenvalue weighted by atomic mass is 32.1. The topological polar surface area (TPSA) is 55.7 Å². The molecule has 6 heteroatoms. The molecule has 0 unspecified atom stereocenters. The van der Waals surface area contributed by atoms with E-state index in [1.54, 1.807) is 12.4 Å². The average molecular weight is 298 g/mol. The van der Waals surface area contributed by atoms with Gasteiger partial charge in [-0.1, -0.05) is 0 Å². The number of pyridine rings is 1. The third kappa shape index (κ3) is 2.71. The summed E-state index contributed by atoms with van der Waals surface area (Å²) in [6.45, 7) is 2.60. The molecule has 0 radical (unpaired) electrons.